The molecule has 96 heavy (non-hydrogen) atoms. The van der Waals surface area contributed by atoms with Gasteiger partial charge in [0.1, 0.15) is 48.0 Å². The van der Waals surface area contributed by atoms with E-state index in [9.17, 15) is 47.7 Å². The SMILES string of the molecule is CCOP(=O)(COc1ccc2c(C(C)=O)cn(CC(=O)N3[C@H](C(=O)Nc4nc(Br)ccc4C)C[C@@]4(CNC(=O)COCCOCCNC(=O)COCCOCCNC(=O)CC[C@H](NC(=O)CCCCCCCCCCCCCCCCC(=O)OC)C(=O)OC)C[C@@H]34)c2c1)OCC. The number of hydrogen-bond donors (Lipinski definition) is 5. The molecule has 29 heteroatoms. The summed E-state index contributed by atoms with van der Waals surface area (Å²) < 4.78 is 63.5. The standard InChI is InChI=1S/C67H102BrN8O19P/c1-7-94-96(86,95-8-2)47-93-50-26-27-51-52(49(4)77)42-75(54(51)39-50)43-62(82)76-55(65(84)74-64-48(3)25-29-57(68)73-64)40-67(41-56(67)76)46-71-61(81)45-92-38-36-90-34-32-70-60(80)44-91-37-35-89-33-31-69-58(78)30-28-53(66(85)88-6)72-59(79)23-21-19-17-15-13-11-9-10-12-14-16-18-20-22-24-63(83)87-5/h25-27,29,39,42,53,55-56H,7-24,28,30-38,40-41,43-47H2,1-6H3,(H,69,78)(H,70,80)(H,71,81)(H,72,79)(H,73,74,84)/t53-,55-,56+,67-/m0/s1. The fourth-order valence-corrected chi connectivity index (χ4v) is 13.1. The van der Waals surface area contributed by atoms with Crippen LogP contribution < -0.4 is 31.3 Å². The summed E-state index contributed by atoms with van der Waals surface area (Å²) in [7, 11) is -0.902. The molecule has 5 N–H and O–H groups in total. The molecule has 6 amide bonds. The Bertz CT molecular complexity index is 3030. The van der Waals surface area contributed by atoms with Crippen LogP contribution in [0.15, 0.2) is 41.1 Å². The number of aromatic nitrogens is 2. The predicted molar refractivity (Wildman–Crippen MR) is 361 cm³/mol. The minimum absolute atomic E-state index is 0.00544. The van der Waals surface area contributed by atoms with Crippen molar-refractivity contribution in [2.45, 2.75) is 181 Å². The number of rotatable bonds is 52. The van der Waals surface area contributed by atoms with Crippen molar-refractivity contribution in [3.8, 4) is 5.75 Å². The first-order chi connectivity index (χ1) is 46.2. The van der Waals surface area contributed by atoms with Crippen molar-refractivity contribution in [3.05, 3.63) is 52.3 Å². The number of esters is 2. The highest BCUT2D eigenvalue weighted by molar-refractivity contribution is 9.10. The second kappa shape index (κ2) is 43.8. The number of nitrogens with one attached hydrogen (secondary N) is 5. The number of aryl methyl sites for hydroxylation is 1. The van der Waals surface area contributed by atoms with Gasteiger partial charge in [0.25, 0.3) is 0 Å². The Morgan fingerprint density at radius 3 is 1.83 bits per heavy atom. The summed E-state index contributed by atoms with van der Waals surface area (Å²) in [6, 6.07) is 6.27. The van der Waals surface area contributed by atoms with E-state index >= 15 is 0 Å². The lowest BCUT2D eigenvalue weighted by Crippen LogP contribution is -2.46. The Balaban J connectivity index is 0.899. The zero-order chi connectivity index (χ0) is 69.7. The number of Topliss-reactive ketones (excluding diaryl/α,β-unsaturated/α-hetero) is 1. The van der Waals surface area contributed by atoms with E-state index in [-0.39, 0.29) is 147 Å². The second-order valence-electron chi connectivity index (χ2n) is 24.0. The van der Waals surface area contributed by atoms with Gasteiger partial charge in [-0.3, -0.25) is 42.9 Å². The molecule has 0 spiro atoms. The summed E-state index contributed by atoms with van der Waals surface area (Å²) >= 11 is 3.36. The monoisotopic (exact) mass is 1430 g/mol. The number of ether oxygens (including phenoxy) is 7. The second-order valence-corrected chi connectivity index (χ2v) is 26.8. The molecule has 1 saturated carbocycles. The largest absolute Gasteiger partial charge is 0.481 e. The third-order valence-corrected chi connectivity index (χ3v) is 18.8. The normalized spacial score (nSPS) is 15.9. The molecule has 3 aromatic rings. The van der Waals surface area contributed by atoms with Crippen LogP contribution in [0.5, 0.6) is 5.75 Å². The zero-order valence-electron chi connectivity index (χ0n) is 56.9. The summed E-state index contributed by atoms with van der Waals surface area (Å²) in [5.41, 5.74) is 0.976. The number of carbonyl (C=O) groups excluding carboxylic acids is 9. The molecule has 1 aromatic carbocycles. The highest BCUT2D eigenvalue weighted by Crippen LogP contribution is 2.59. The van der Waals surface area contributed by atoms with Crippen molar-refractivity contribution in [2.24, 2.45) is 5.41 Å². The average molecular weight is 1430 g/mol. The van der Waals surface area contributed by atoms with Gasteiger partial charge in [-0.15, -0.1) is 0 Å². The van der Waals surface area contributed by atoms with Crippen LogP contribution in [0.4, 0.5) is 5.82 Å². The first-order valence-electron chi connectivity index (χ1n) is 33.7. The van der Waals surface area contributed by atoms with E-state index in [4.69, 9.17) is 37.5 Å². The quantitative estimate of drug-likeness (QED) is 0.0117. The molecule has 0 bridgehead atoms. The van der Waals surface area contributed by atoms with Gasteiger partial charge in [-0.05, 0) is 99.5 Å². The fraction of sp³-hybridized carbons (Fsp3) is 0.672. The molecule has 4 atom stereocenters. The number of pyridine rings is 1. The minimum Gasteiger partial charge on any atom is -0.481 e. The summed E-state index contributed by atoms with van der Waals surface area (Å²) in [6.07, 6.45) is 18.4. The zero-order valence-corrected chi connectivity index (χ0v) is 59.3. The Kier molecular flexibility index (Phi) is 36.6. The van der Waals surface area contributed by atoms with Crippen LogP contribution >= 0.6 is 23.5 Å². The number of fused-ring (bicyclic) bond motifs is 2. The molecule has 1 saturated heterocycles. The van der Waals surface area contributed by atoms with Gasteiger partial charge in [-0.2, -0.15) is 0 Å². The molecule has 2 fully saturated rings. The van der Waals surface area contributed by atoms with E-state index < -0.39 is 54.8 Å². The molecule has 3 heterocycles. The van der Waals surface area contributed by atoms with Gasteiger partial charge in [-0.1, -0.05) is 83.1 Å². The molecule has 27 nitrogen and oxygen atoms in total. The van der Waals surface area contributed by atoms with Gasteiger partial charge in [0.05, 0.1) is 72.6 Å². The van der Waals surface area contributed by atoms with Crippen LogP contribution in [-0.4, -0.2) is 192 Å². The van der Waals surface area contributed by atoms with E-state index in [0.29, 0.717) is 63.9 Å². The number of benzene rings is 1. The first-order valence-corrected chi connectivity index (χ1v) is 36.2. The van der Waals surface area contributed by atoms with Crippen LogP contribution in [0, 0.1) is 12.3 Å². The lowest BCUT2D eigenvalue weighted by Gasteiger charge is -2.27. The molecule has 5 rings (SSSR count). The summed E-state index contributed by atoms with van der Waals surface area (Å²) in [5, 5.41) is 14.5. The Morgan fingerprint density at radius 2 is 1.25 bits per heavy atom. The van der Waals surface area contributed by atoms with Gasteiger partial charge in [0.2, 0.25) is 35.4 Å². The molecule has 0 radical (unpaired) electrons. The highest BCUT2D eigenvalue weighted by atomic mass is 79.9. The summed E-state index contributed by atoms with van der Waals surface area (Å²) in [6.45, 7) is 7.69. The molecule has 2 aromatic heterocycles. The van der Waals surface area contributed by atoms with Crippen molar-refractivity contribution in [2.75, 3.05) is 112 Å². The number of nitrogens with zero attached hydrogens (tertiary/aromatic N) is 3. The molecule has 0 unspecified atom stereocenters. The number of methoxy groups -OCH3 is 2. The molecule has 2 aliphatic rings. The van der Waals surface area contributed by atoms with Gasteiger partial charge in [0, 0.05) is 73.6 Å². The van der Waals surface area contributed by atoms with Crippen LogP contribution in [0.3, 0.4) is 0 Å². The van der Waals surface area contributed by atoms with Crippen LogP contribution in [0.1, 0.15) is 165 Å². The van der Waals surface area contributed by atoms with Crippen LogP contribution in [-0.2, 0) is 86.9 Å². The van der Waals surface area contributed by atoms with Gasteiger partial charge >= 0.3 is 19.5 Å². The van der Waals surface area contributed by atoms with Crippen LogP contribution in [0.25, 0.3) is 10.9 Å². The van der Waals surface area contributed by atoms with Crippen LogP contribution in [0.2, 0.25) is 0 Å². The fourth-order valence-electron chi connectivity index (χ4n) is 11.4. The summed E-state index contributed by atoms with van der Waals surface area (Å²) in [5.74, 6) is -2.50. The smallest absolute Gasteiger partial charge is 0.367 e. The first kappa shape index (κ1) is 80.3. The number of piperidine rings is 1. The summed E-state index contributed by atoms with van der Waals surface area (Å²) in [4.78, 5) is 122. The number of hydrogen-bond acceptors (Lipinski definition) is 20. The molecule has 1 aliphatic heterocycles. The Morgan fingerprint density at radius 1 is 0.677 bits per heavy atom. The van der Waals surface area contributed by atoms with Crippen molar-refractivity contribution >= 4 is 93.4 Å². The number of likely N-dealkylation sites (tertiary alicyclic amines) is 1. The third-order valence-electron chi connectivity index (χ3n) is 16.6. The molecule has 536 valence electrons. The van der Waals surface area contributed by atoms with E-state index in [1.54, 1.807) is 66.8 Å². The lowest BCUT2D eigenvalue weighted by atomic mass is 9.99. The van der Waals surface area contributed by atoms with Gasteiger partial charge in [0.15, 0.2) is 12.1 Å². The Hall–Kier alpha value is -6.39. The topological polar surface area (TPSA) is 335 Å². The lowest BCUT2D eigenvalue weighted by molar-refractivity contribution is -0.145. The van der Waals surface area contributed by atoms with Gasteiger partial charge < -0.3 is 78.3 Å². The van der Waals surface area contributed by atoms with E-state index in [1.807, 2.05) is 0 Å². The number of halogens is 1. The number of anilines is 1. The number of carbonyl (C=O) groups is 9. The van der Waals surface area contributed by atoms with E-state index in [2.05, 4.69) is 52.2 Å². The van der Waals surface area contributed by atoms with Crippen molar-refractivity contribution in [1.29, 1.82) is 0 Å². The minimum atomic E-state index is -3.57. The molecular weight excluding hydrogens is 1330 g/mol. The maximum atomic E-state index is 14.6. The number of amides is 6. The molecule has 1 aliphatic carbocycles. The maximum Gasteiger partial charge on any atom is 0.367 e. The van der Waals surface area contributed by atoms with Crippen molar-refractivity contribution < 1.29 is 89.9 Å². The predicted octanol–water partition coefficient (Wildman–Crippen LogP) is 8.18. The van der Waals surface area contributed by atoms with Crippen molar-refractivity contribution in [1.82, 2.24) is 35.7 Å². The maximum absolute atomic E-state index is 14.6. The van der Waals surface area contributed by atoms with Crippen molar-refractivity contribution in [3.63, 3.8) is 0 Å². The average Bonchev–Trinajstić information content (AvgIpc) is 1.54. The molecular formula is C67H102BrN8O19P. The highest BCUT2D eigenvalue weighted by Gasteiger charge is 2.67. The van der Waals surface area contributed by atoms with Gasteiger partial charge in [-0.25, -0.2) is 9.78 Å². The third kappa shape index (κ3) is 28.6. The van der Waals surface area contributed by atoms with E-state index in [0.717, 1.165) is 38.5 Å². The van der Waals surface area contributed by atoms with E-state index in [1.165, 1.54) is 66.1 Å². The number of ketones is 1. The Labute approximate surface area is 572 Å². The number of unbranched alkanes of at least 4 members (excludes halogenated alkanes) is 13.